The molecule has 0 unspecified atom stereocenters. The smallest absolute Gasteiger partial charge is 0.319 e. The molecule has 0 bridgehead atoms. The summed E-state index contributed by atoms with van der Waals surface area (Å²) < 4.78 is 4.68. The van der Waals surface area contributed by atoms with Gasteiger partial charge in [-0.1, -0.05) is 13.3 Å². The molecular formula is C11H18O3. The van der Waals surface area contributed by atoms with Crippen molar-refractivity contribution in [2.75, 3.05) is 7.11 Å². The van der Waals surface area contributed by atoms with Crippen LogP contribution in [0.25, 0.3) is 0 Å². The van der Waals surface area contributed by atoms with Crippen LogP contribution in [-0.4, -0.2) is 19.4 Å². The largest absolute Gasteiger partial charge is 0.468 e. The molecule has 0 aromatic rings. The van der Waals surface area contributed by atoms with Gasteiger partial charge in [0.25, 0.3) is 0 Å². The van der Waals surface area contributed by atoms with E-state index < -0.39 is 5.41 Å². The minimum atomic E-state index is -0.833. The van der Waals surface area contributed by atoms with Gasteiger partial charge in [-0.2, -0.15) is 0 Å². The van der Waals surface area contributed by atoms with E-state index >= 15 is 0 Å². The van der Waals surface area contributed by atoms with Gasteiger partial charge >= 0.3 is 5.97 Å². The average molecular weight is 198 g/mol. The second-order valence-electron chi connectivity index (χ2n) is 4.12. The van der Waals surface area contributed by atoms with Crippen molar-refractivity contribution in [2.45, 2.75) is 39.0 Å². The molecule has 0 N–H and O–H groups in total. The maximum Gasteiger partial charge on any atom is 0.319 e. The number of carbonyl (C=O) groups excluding carboxylic acids is 2. The van der Waals surface area contributed by atoms with Crippen molar-refractivity contribution in [3.05, 3.63) is 0 Å². The highest BCUT2D eigenvalue weighted by molar-refractivity contribution is 5.93. The third-order valence-corrected chi connectivity index (χ3v) is 3.39. The van der Waals surface area contributed by atoms with E-state index in [-0.39, 0.29) is 5.97 Å². The van der Waals surface area contributed by atoms with Crippen molar-refractivity contribution < 1.29 is 14.3 Å². The van der Waals surface area contributed by atoms with Crippen LogP contribution < -0.4 is 0 Å². The van der Waals surface area contributed by atoms with E-state index in [9.17, 15) is 9.59 Å². The van der Waals surface area contributed by atoms with Crippen molar-refractivity contribution in [3.63, 3.8) is 0 Å². The summed E-state index contributed by atoms with van der Waals surface area (Å²) in [5, 5.41) is 0. The first-order chi connectivity index (χ1) is 6.68. The first-order valence-electron chi connectivity index (χ1n) is 5.23. The fraction of sp³-hybridized carbons (Fsp3) is 0.818. The Balaban J connectivity index is 2.66. The first kappa shape index (κ1) is 11.2. The zero-order chi connectivity index (χ0) is 10.6. The van der Waals surface area contributed by atoms with Crippen LogP contribution in [0.5, 0.6) is 0 Å². The Morgan fingerprint density at radius 2 is 2.07 bits per heavy atom. The molecule has 3 nitrogen and oxygen atoms in total. The molecule has 1 fully saturated rings. The molecule has 1 rings (SSSR count). The Kier molecular flexibility index (Phi) is 3.67. The molecule has 1 aliphatic rings. The van der Waals surface area contributed by atoms with E-state index in [1.165, 1.54) is 7.11 Å². The fourth-order valence-corrected chi connectivity index (χ4v) is 2.17. The number of methoxy groups -OCH3 is 1. The van der Waals surface area contributed by atoms with Gasteiger partial charge in [0.1, 0.15) is 11.7 Å². The van der Waals surface area contributed by atoms with Crippen molar-refractivity contribution in [2.24, 2.45) is 11.3 Å². The molecule has 0 amide bonds. The van der Waals surface area contributed by atoms with Gasteiger partial charge in [-0.05, 0) is 31.6 Å². The molecule has 0 spiro atoms. The molecule has 0 saturated heterocycles. The van der Waals surface area contributed by atoms with Crippen molar-refractivity contribution in [1.82, 2.24) is 0 Å². The fourth-order valence-electron chi connectivity index (χ4n) is 2.17. The zero-order valence-electron chi connectivity index (χ0n) is 8.91. The molecule has 0 aromatic carbocycles. The van der Waals surface area contributed by atoms with Crippen LogP contribution in [0.2, 0.25) is 0 Å². The lowest BCUT2D eigenvalue weighted by Gasteiger charge is -2.33. The van der Waals surface area contributed by atoms with Gasteiger partial charge in [-0.25, -0.2) is 0 Å². The van der Waals surface area contributed by atoms with Crippen LogP contribution in [0.3, 0.4) is 0 Å². The lowest BCUT2D eigenvalue weighted by Crippen LogP contribution is -2.37. The molecule has 1 aliphatic carbocycles. The monoisotopic (exact) mass is 198 g/mol. The molecule has 0 radical (unpaired) electrons. The van der Waals surface area contributed by atoms with E-state index in [1.807, 2.05) is 0 Å². The number of rotatable bonds is 3. The highest BCUT2D eigenvalue weighted by atomic mass is 16.5. The molecule has 80 valence electrons. The number of hydrogen-bond acceptors (Lipinski definition) is 3. The third-order valence-electron chi connectivity index (χ3n) is 3.39. The maximum absolute atomic E-state index is 11.5. The molecule has 0 aliphatic heterocycles. The normalized spacial score (nSPS) is 32.3. The Hall–Kier alpha value is -0.860. The van der Waals surface area contributed by atoms with Crippen LogP contribution in [0.4, 0.5) is 0 Å². The minimum absolute atomic E-state index is 0.359. The number of ether oxygens (including phenoxy) is 1. The summed E-state index contributed by atoms with van der Waals surface area (Å²) in [5.74, 6) is 0.315. The van der Waals surface area contributed by atoms with Crippen molar-refractivity contribution in [3.8, 4) is 0 Å². The van der Waals surface area contributed by atoms with Crippen LogP contribution >= 0.6 is 0 Å². The van der Waals surface area contributed by atoms with E-state index in [1.54, 1.807) is 0 Å². The highest BCUT2D eigenvalue weighted by Crippen LogP contribution is 2.39. The molecule has 0 atom stereocenters. The predicted octanol–water partition coefficient (Wildman–Crippen LogP) is 1.94. The van der Waals surface area contributed by atoms with Gasteiger partial charge in [-0.15, -0.1) is 0 Å². The topological polar surface area (TPSA) is 43.4 Å². The molecule has 0 heterocycles. The number of esters is 1. The van der Waals surface area contributed by atoms with Crippen LogP contribution in [0, 0.1) is 11.3 Å². The molecule has 3 heteroatoms. The average Bonchev–Trinajstić information content (AvgIpc) is 2.28. The summed E-state index contributed by atoms with van der Waals surface area (Å²) in [6.07, 6.45) is 5.15. The Morgan fingerprint density at radius 3 is 2.43 bits per heavy atom. The summed E-state index contributed by atoms with van der Waals surface area (Å²) in [4.78, 5) is 22.4. The van der Waals surface area contributed by atoms with E-state index in [0.29, 0.717) is 18.8 Å². The number of carbonyl (C=O) groups is 2. The number of aldehydes is 1. The van der Waals surface area contributed by atoms with Crippen LogP contribution in [0.15, 0.2) is 0 Å². The predicted molar refractivity (Wildman–Crippen MR) is 52.8 cm³/mol. The van der Waals surface area contributed by atoms with E-state index in [0.717, 1.165) is 25.5 Å². The third kappa shape index (κ3) is 1.97. The molecular weight excluding hydrogens is 180 g/mol. The summed E-state index contributed by atoms with van der Waals surface area (Å²) in [7, 11) is 1.35. The van der Waals surface area contributed by atoms with Gasteiger partial charge in [-0.3, -0.25) is 4.79 Å². The van der Waals surface area contributed by atoms with E-state index in [4.69, 9.17) is 0 Å². The minimum Gasteiger partial charge on any atom is -0.468 e. The molecule has 0 aromatic heterocycles. The van der Waals surface area contributed by atoms with E-state index in [2.05, 4.69) is 11.7 Å². The zero-order valence-corrected chi connectivity index (χ0v) is 8.91. The van der Waals surface area contributed by atoms with Gasteiger partial charge in [0.05, 0.1) is 7.11 Å². The highest BCUT2D eigenvalue weighted by Gasteiger charge is 2.42. The lowest BCUT2D eigenvalue weighted by molar-refractivity contribution is -0.157. The molecule has 1 saturated carbocycles. The second kappa shape index (κ2) is 4.58. The quantitative estimate of drug-likeness (QED) is 0.395. The Bertz CT molecular complexity index is 215. The Labute approximate surface area is 84.8 Å². The van der Waals surface area contributed by atoms with Gasteiger partial charge < -0.3 is 9.53 Å². The van der Waals surface area contributed by atoms with Crippen LogP contribution in [-0.2, 0) is 14.3 Å². The standard InChI is InChI=1S/C11H18O3/c1-3-9-4-6-11(8-12,7-5-9)10(13)14-2/h8-9H,3-7H2,1-2H3/t9-,11+. The van der Waals surface area contributed by atoms with Crippen LogP contribution in [0.1, 0.15) is 39.0 Å². The van der Waals surface area contributed by atoms with Crippen molar-refractivity contribution in [1.29, 1.82) is 0 Å². The maximum atomic E-state index is 11.5. The first-order valence-corrected chi connectivity index (χ1v) is 5.23. The SMILES string of the molecule is CC[C@H]1CC[C@@](C=O)(C(=O)OC)CC1. The lowest BCUT2D eigenvalue weighted by atomic mass is 9.71. The van der Waals surface area contributed by atoms with Gasteiger partial charge in [0.2, 0.25) is 0 Å². The Morgan fingerprint density at radius 1 is 1.50 bits per heavy atom. The summed E-state index contributed by atoms with van der Waals surface area (Å²) in [5.41, 5.74) is -0.833. The summed E-state index contributed by atoms with van der Waals surface area (Å²) in [6.45, 7) is 2.15. The second-order valence-corrected chi connectivity index (χ2v) is 4.12. The molecule has 14 heavy (non-hydrogen) atoms. The van der Waals surface area contributed by atoms with Gasteiger partial charge in [0, 0.05) is 0 Å². The summed E-state index contributed by atoms with van der Waals surface area (Å²) >= 11 is 0. The van der Waals surface area contributed by atoms with Crippen molar-refractivity contribution >= 4 is 12.3 Å². The van der Waals surface area contributed by atoms with Gasteiger partial charge in [0.15, 0.2) is 0 Å². The summed E-state index contributed by atoms with van der Waals surface area (Å²) in [6, 6.07) is 0. The number of hydrogen-bond donors (Lipinski definition) is 0.